The first kappa shape index (κ1) is 53.1. The van der Waals surface area contributed by atoms with Crippen LogP contribution < -0.4 is 0 Å². The third-order valence-corrected chi connectivity index (χ3v) is 11.4. The van der Waals surface area contributed by atoms with E-state index in [0.717, 1.165) is 0 Å². The van der Waals surface area contributed by atoms with E-state index in [1.165, 1.54) is 0 Å². The summed E-state index contributed by atoms with van der Waals surface area (Å²) in [5.41, 5.74) is -2.54. The van der Waals surface area contributed by atoms with E-state index in [9.17, 15) is 20.4 Å². The van der Waals surface area contributed by atoms with E-state index in [2.05, 4.69) is 0 Å². The molecule has 8 aromatic carbocycles. The van der Waals surface area contributed by atoms with Gasteiger partial charge in [0.1, 0.15) is 0 Å². The van der Waals surface area contributed by atoms with Gasteiger partial charge in [-0.05, 0) is 65.3 Å². The molecule has 0 aromatic heterocycles. The largest absolute Gasteiger partial charge is 0.393 e. The maximum atomic E-state index is 12.3. The molecule has 346 valence electrons. The zero-order valence-corrected chi connectivity index (χ0v) is 39.2. The Morgan fingerprint density at radius 1 is 0.288 bits per heavy atom. The minimum absolute atomic E-state index is 0. The molecule has 8 aromatic rings. The van der Waals surface area contributed by atoms with E-state index in [4.69, 9.17) is 10.2 Å². The summed E-state index contributed by atoms with van der Waals surface area (Å²) in [5.74, 6) is 0. The van der Waals surface area contributed by atoms with Crippen LogP contribution in [-0.4, -0.2) is 42.3 Å². The van der Waals surface area contributed by atoms with Crippen molar-refractivity contribution in [3.8, 4) is 0 Å². The van der Waals surface area contributed by atoms with Crippen LogP contribution in [0.25, 0.3) is 0 Å². The van der Waals surface area contributed by atoms with Crippen LogP contribution in [0.4, 0.5) is 0 Å². The van der Waals surface area contributed by atoms with Crippen molar-refractivity contribution in [1.82, 2.24) is 0 Å². The van der Waals surface area contributed by atoms with Crippen LogP contribution in [-0.2, 0) is 55.4 Å². The van der Waals surface area contributed by atoms with Gasteiger partial charge >= 0.3 is 0 Å². The molecule has 0 saturated heterocycles. The van der Waals surface area contributed by atoms with Crippen LogP contribution in [0.3, 0.4) is 0 Å². The Balaban J connectivity index is 0.000000242. The van der Waals surface area contributed by atoms with Crippen molar-refractivity contribution in [2.75, 3.05) is 0 Å². The number of benzene rings is 8. The fourth-order valence-corrected chi connectivity index (χ4v) is 8.50. The topological polar surface area (TPSA) is 121 Å². The molecule has 0 aliphatic rings. The molecule has 0 aliphatic heterocycles. The molecule has 0 spiro atoms. The minimum Gasteiger partial charge on any atom is -0.393 e. The predicted molar refractivity (Wildman–Crippen MR) is 256 cm³/mol. The summed E-state index contributed by atoms with van der Waals surface area (Å²) >= 11 is 0. The van der Waals surface area contributed by atoms with Crippen molar-refractivity contribution >= 4 is 0 Å². The molecule has 0 saturated carbocycles. The standard InChI is InChI=1S/2C26H22O2.C6H14O2.2Ni/c2*27-25(21-13-5-1-6-14-21,22-15-7-2-8-16-22)26(28,23-17-9-3-10-18-23)24-19-11-4-12-20-24;1-5(7)4-6(2,3)8;;/h2*1-20,27-28H;5,7-8H,4H2,1-3H3;;. The molecule has 8 heteroatoms. The number of aliphatic hydroxyl groups excluding tert-OH is 1. The smallest absolute Gasteiger partial charge is 0.152 e. The Labute approximate surface area is 409 Å². The van der Waals surface area contributed by atoms with Crippen LogP contribution in [0.15, 0.2) is 243 Å². The first-order chi connectivity index (χ1) is 30.8. The van der Waals surface area contributed by atoms with Gasteiger partial charge in [0.25, 0.3) is 0 Å². The van der Waals surface area contributed by atoms with Gasteiger partial charge in [-0.3, -0.25) is 0 Å². The molecule has 0 heterocycles. The molecule has 66 heavy (non-hydrogen) atoms. The summed E-state index contributed by atoms with van der Waals surface area (Å²) in [5, 5.41) is 67.1. The molecule has 0 aliphatic carbocycles. The molecule has 6 nitrogen and oxygen atoms in total. The second kappa shape index (κ2) is 23.8. The van der Waals surface area contributed by atoms with Gasteiger partial charge in [0.2, 0.25) is 0 Å². The Morgan fingerprint density at radius 2 is 0.409 bits per heavy atom. The first-order valence-corrected chi connectivity index (χ1v) is 21.5. The quantitative estimate of drug-likeness (QED) is 0.0679. The van der Waals surface area contributed by atoms with Crippen LogP contribution in [0, 0.1) is 0 Å². The van der Waals surface area contributed by atoms with Crippen LogP contribution in [0.5, 0.6) is 0 Å². The van der Waals surface area contributed by atoms with E-state index in [1.807, 2.05) is 243 Å². The summed E-state index contributed by atoms with van der Waals surface area (Å²) in [6.07, 6.45) is 0.0301. The Bertz CT molecular complexity index is 2060. The van der Waals surface area contributed by atoms with Crippen molar-refractivity contribution in [2.45, 2.75) is 61.3 Å². The molecule has 0 amide bonds. The van der Waals surface area contributed by atoms with Gasteiger partial charge in [0, 0.05) is 39.4 Å². The van der Waals surface area contributed by atoms with Gasteiger partial charge in [-0.15, -0.1) is 0 Å². The van der Waals surface area contributed by atoms with E-state index < -0.39 is 34.1 Å². The van der Waals surface area contributed by atoms with Gasteiger partial charge in [-0.25, -0.2) is 0 Å². The van der Waals surface area contributed by atoms with Crippen molar-refractivity contribution in [2.24, 2.45) is 0 Å². The fraction of sp³-hybridized carbons (Fsp3) is 0.172. The molecule has 0 fully saturated rings. The summed E-state index contributed by atoms with van der Waals surface area (Å²) in [6.45, 7) is 5.03. The Morgan fingerprint density at radius 3 is 0.485 bits per heavy atom. The zero-order valence-electron chi connectivity index (χ0n) is 37.2. The number of hydrogen-bond acceptors (Lipinski definition) is 6. The van der Waals surface area contributed by atoms with E-state index in [-0.39, 0.29) is 33.0 Å². The average Bonchev–Trinajstić information content (AvgIpc) is 3.34. The molecule has 6 N–H and O–H groups in total. The van der Waals surface area contributed by atoms with Gasteiger partial charge in [0.05, 0.1) is 11.7 Å². The average molecular weight is 968 g/mol. The molecule has 8 rings (SSSR count). The molecule has 1 atom stereocenters. The Kier molecular flexibility index (Phi) is 19.2. The molecular weight excluding hydrogens is 910 g/mol. The van der Waals surface area contributed by atoms with E-state index in [0.29, 0.717) is 50.9 Å². The third kappa shape index (κ3) is 11.5. The fourth-order valence-electron chi connectivity index (χ4n) is 8.50. The maximum Gasteiger partial charge on any atom is 0.152 e. The normalized spacial score (nSPS) is 12.1. The van der Waals surface area contributed by atoms with E-state index >= 15 is 0 Å². The maximum absolute atomic E-state index is 12.3. The van der Waals surface area contributed by atoms with Gasteiger partial charge in [-0.2, -0.15) is 0 Å². The molecule has 0 radical (unpaired) electrons. The van der Waals surface area contributed by atoms with Crippen molar-refractivity contribution in [1.29, 1.82) is 0 Å². The first-order valence-electron chi connectivity index (χ1n) is 21.5. The minimum atomic E-state index is -1.70. The van der Waals surface area contributed by atoms with E-state index in [1.54, 1.807) is 20.8 Å². The van der Waals surface area contributed by atoms with Crippen molar-refractivity contribution < 1.29 is 63.6 Å². The summed E-state index contributed by atoms with van der Waals surface area (Å²) in [7, 11) is 0. The van der Waals surface area contributed by atoms with Gasteiger partial charge in [-0.1, -0.05) is 243 Å². The van der Waals surface area contributed by atoms with Crippen LogP contribution in [0.2, 0.25) is 0 Å². The molecule has 1 unspecified atom stereocenters. The zero-order chi connectivity index (χ0) is 45.7. The van der Waals surface area contributed by atoms with Crippen LogP contribution in [0.1, 0.15) is 71.7 Å². The monoisotopic (exact) mass is 966 g/mol. The predicted octanol–water partition coefficient (Wildman–Crippen LogP) is 10.2. The Hall–Kier alpha value is -5.49. The number of aliphatic hydroxyl groups is 6. The van der Waals surface area contributed by atoms with Gasteiger partial charge in [0.15, 0.2) is 22.4 Å². The number of rotatable bonds is 12. The van der Waals surface area contributed by atoms with Crippen molar-refractivity contribution in [3.63, 3.8) is 0 Å². The molecule has 0 bridgehead atoms. The second-order valence-electron chi connectivity index (χ2n) is 16.6. The molecular formula is C58H58Ni2O6. The second-order valence-corrected chi connectivity index (χ2v) is 16.6. The SMILES string of the molecule is CC(O)CC(C)(C)O.OC(c1ccccc1)(c1ccccc1)C(O)(c1ccccc1)c1ccccc1.OC(c1ccccc1)(c1ccccc1)C(O)(c1ccccc1)c1ccccc1.[Ni].[Ni]. The summed E-state index contributed by atoms with van der Waals surface area (Å²) < 4.78 is 0. The summed E-state index contributed by atoms with van der Waals surface area (Å²) in [6, 6.07) is 74.8. The third-order valence-electron chi connectivity index (χ3n) is 11.4. The number of hydrogen-bond donors (Lipinski definition) is 6. The van der Waals surface area contributed by atoms with Crippen LogP contribution >= 0.6 is 0 Å². The summed E-state index contributed by atoms with van der Waals surface area (Å²) in [4.78, 5) is 0. The van der Waals surface area contributed by atoms with Crippen molar-refractivity contribution in [3.05, 3.63) is 287 Å². The van der Waals surface area contributed by atoms with Gasteiger partial charge < -0.3 is 30.6 Å².